The predicted molar refractivity (Wildman–Crippen MR) is 114 cm³/mol. The van der Waals surface area contributed by atoms with Gasteiger partial charge in [-0.1, -0.05) is 6.07 Å². The van der Waals surface area contributed by atoms with Crippen LogP contribution in [0.4, 0.5) is 15.2 Å². The number of aryl methyl sites for hydroxylation is 1. The summed E-state index contributed by atoms with van der Waals surface area (Å²) >= 11 is 1.35. The highest BCUT2D eigenvalue weighted by molar-refractivity contribution is 7.14. The molecule has 1 aliphatic heterocycles. The Morgan fingerprint density at radius 2 is 2.03 bits per heavy atom. The molecule has 0 spiro atoms. The highest BCUT2D eigenvalue weighted by Crippen LogP contribution is 2.33. The number of fused-ring (bicyclic) bond motifs is 1. The molecule has 0 radical (unpaired) electrons. The number of thiazole rings is 1. The van der Waals surface area contributed by atoms with Crippen LogP contribution in [0.1, 0.15) is 22.3 Å². The molecule has 154 valence electrons. The van der Waals surface area contributed by atoms with Crippen molar-refractivity contribution in [3.8, 4) is 11.3 Å². The molecule has 2 amide bonds. The van der Waals surface area contributed by atoms with E-state index in [4.69, 9.17) is 4.74 Å². The Balaban J connectivity index is 1.56. The van der Waals surface area contributed by atoms with Gasteiger partial charge >= 0.3 is 0 Å². The molecule has 0 fully saturated rings. The maximum Gasteiger partial charge on any atom is 0.258 e. The Kier molecular flexibility index (Phi) is 5.87. The number of anilines is 2. The lowest BCUT2D eigenvalue weighted by Gasteiger charge is -2.30. The van der Waals surface area contributed by atoms with Crippen molar-refractivity contribution >= 4 is 34.0 Å². The number of amides is 2. The Labute approximate surface area is 177 Å². The second-order valence-electron chi connectivity index (χ2n) is 6.93. The van der Waals surface area contributed by atoms with E-state index in [1.165, 1.54) is 42.7 Å². The molecule has 30 heavy (non-hydrogen) atoms. The summed E-state index contributed by atoms with van der Waals surface area (Å²) in [6, 6.07) is 11.5. The summed E-state index contributed by atoms with van der Waals surface area (Å²) in [4.78, 5) is 30.8. The van der Waals surface area contributed by atoms with Crippen molar-refractivity contribution in [2.24, 2.45) is 0 Å². The molecular weight excluding hydrogens is 405 g/mol. The number of carbonyl (C=O) groups is 2. The van der Waals surface area contributed by atoms with Gasteiger partial charge < -0.3 is 9.64 Å². The molecule has 1 aliphatic rings. The molecule has 3 aromatic rings. The molecule has 1 aromatic heterocycles. The van der Waals surface area contributed by atoms with Crippen LogP contribution in [0.5, 0.6) is 0 Å². The van der Waals surface area contributed by atoms with Gasteiger partial charge in [-0.3, -0.25) is 14.9 Å². The number of nitrogens with zero attached hydrogens (tertiary/aromatic N) is 2. The topological polar surface area (TPSA) is 71.5 Å². The fourth-order valence-electron chi connectivity index (χ4n) is 3.47. The van der Waals surface area contributed by atoms with Gasteiger partial charge in [0, 0.05) is 35.8 Å². The van der Waals surface area contributed by atoms with Gasteiger partial charge in [0.1, 0.15) is 12.4 Å². The molecule has 0 saturated carbocycles. The molecule has 0 bridgehead atoms. The SMILES string of the molecule is COCC(=O)Nc1nc(-c2ccc3c(c2)CCCN3C(=O)c2ccc(F)cc2)cs1. The zero-order valence-electron chi connectivity index (χ0n) is 16.4. The second kappa shape index (κ2) is 8.73. The molecule has 1 N–H and O–H groups in total. The number of methoxy groups -OCH3 is 1. The normalized spacial score (nSPS) is 13.1. The van der Waals surface area contributed by atoms with Crippen LogP contribution in [0.2, 0.25) is 0 Å². The molecule has 2 aromatic carbocycles. The summed E-state index contributed by atoms with van der Waals surface area (Å²) in [6.07, 6.45) is 1.71. The van der Waals surface area contributed by atoms with Crippen LogP contribution in [0.15, 0.2) is 47.8 Å². The van der Waals surface area contributed by atoms with Crippen molar-refractivity contribution in [2.75, 3.05) is 30.5 Å². The number of hydrogen-bond donors (Lipinski definition) is 1. The summed E-state index contributed by atoms with van der Waals surface area (Å²) in [7, 11) is 1.46. The Bertz CT molecular complexity index is 1080. The Hall–Kier alpha value is -3.10. The largest absolute Gasteiger partial charge is 0.375 e. The van der Waals surface area contributed by atoms with Crippen LogP contribution >= 0.6 is 11.3 Å². The molecule has 2 heterocycles. The third-order valence-electron chi connectivity index (χ3n) is 4.86. The minimum absolute atomic E-state index is 0.0221. The first-order valence-corrected chi connectivity index (χ1v) is 10.4. The van der Waals surface area contributed by atoms with E-state index in [1.807, 2.05) is 23.6 Å². The number of nitrogens with one attached hydrogen (secondary N) is 1. The van der Waals surface area contributed by atoms with E-state index < -0.39 is 0 Å². The van der Waals surface area contributed by atoms with Gasteiger partial charge in [-0.2, -0.15) is 0 Å². The first-order valence-electron chi connectivity index (χ1n) is 9.50. The first-order chi connectivity index (χ1) is 14.5. The lowest BCUT2D eigenvalue weighted by atomic mass is 9.97. The summed E-state index contributed by atoms with van der Waals surface area (Å²) < 4.78 is 18.0. The summed E-state index contributed by atoms with van der Waals surface area (Å²) in [5, 5.41) is 5.10. The molecule has 0 saturated heterocycles. The van der Waals surface area contributed by atoms with Crippen LogP contribution in [-0.2, 0) is 16.0 Å². The maximum absolute atomic E-state index is 13.2. The van der Waals surface area contributed by atoms with Gasteiger partial charge in [-0.05, 0) is 54.8 Å². The minimum Gasteiger partial charge on any atom is -0.375 e. The molecule has 0 atom stereocenters. The van der Waals surface area contributed by atoms with E-state index in [0.29, 0.717) is 17.2 Å². The van der Waals surface area contributed by atoms with E-state index in [0.717, 1.165) is 35.3 Å². The smallest absolute Gasteiger partial charge is 0.258 e. The van der Waals surface area contributed by atoms with E-state index in [9.17, 15) is 14.0 Å². The quantitative estimate of drug-likeness (QED) is 0.667. The van der Waals surface area contributed by atoms with E-state index >= 15 is 0 Å². The van der Waals surface area contributed by atoms with Crippen molar-refractivity contribution in [3.05, 3.63) is 64.8 Å². The van der Waals surface area contributed by atoms with Crippen LogP contribution in [-0.4, -0.2) is 37.1 Å². The lowest BCUT2D eigenvalue weighted by molar-refractivity contribution is -0.119. The zero-order chi connectivity index (χ0) is 21.1. The van der Waals surface area contributed by atoms with Crippen molar-refractivity contribution in [3.63, 3.8) is 0 Å². The van der Waals surface area contributed by atoms with Gasteiger partial charge in [0.05, 0.1) is 5.69 Å². The fraction of sp³-hybridized carbons (Fsp3) is 0.227. The lowest BCUT2D eigenvalue weighted by Crippen LogP contribution is -2.35. The molecule has 0 aliphatic carbocycles. The average Bonchev–Trinajstić information content (AvgIpc) is 3.21. The van der Waals surface area contributed by atoms with Gasteiger partial charge in [-0.25, -0.2) is 9.37 Å². The molecule has 8 heteroatoms. The van der Waals surface area contributed by atoms with Crippen LogP contribution in [0.25, 0.3) is 11.3 Å². The number of benzene rings is 2. The van der Waals surface area contributed by atoms with Crippen molar-refractivity contribution in [1.82, 2.24) is 4.98 Å². The molecule has 6 nitrogen and oxygen atoms in total. The number of hydrogen-bond acceptors (Lipinski definition) is 5. The highest BCUT2D eigenvalue weighted by atomic mass is 32.1. The maximum atomic E-state index is 13.2. The van der Waals surface area contributed by atoms with Crippen molar-refractivity contribution in [1.29, 1.82) is 0 Å². The predicted octanol–water partition coefficient (Wildman–Crippen LogP) is 4.13. The standard InChI is InChI=1S/C22H20FN3O3S/c1-29-12-20(27)25-22-24-18(13-30-22)15-6-9-19-16(11-15)3-2-10-26(19)21(28)14-4-7-17(23)8-5-14/h4-9,11,13H,2-3,10,12H2,1H3,(H,24,25,27). The third-order valence-corrected chi connectivity index (χ3v) is 5.61. The van der Waals surface area contributed by atoms with Crippen molar-refractivity contribution in [2.45, 2.75) is 12.8 Å². The number of aromatic nitrogens is 1. The van der Waals surface area contributed by atoms with Gasteiger partial charge in [0.25, 0.3) is 11.8 Å². The Morgan fingerprint density at radius 3 is 2.80 bits per heavy atom. The number of carbonyl (C=O) groups excluding carboxylic acids is 2. The zero-order valence-corrected chi connectivity index (χ0v) is 17.2. The van der Waals surface area contributed by atoms with Crippen LogP contribution in [0, 0.1) is 5.82 Å². The number of rotatable bonds is 5. The third kappa shape index (κ3) is 4.24. The van der Waals surface area contributed by atoms with Crippen LogP contribution in [0.3, 0.4) is 0 Å². The minimum atomic E-state index is -0.365. The molecule has 0 unspecified atom stereocenters. The van der Waals surface area contributed by atoms with Gasteiger partial charge in [0.15, 0.2) is 5.13 Å². The van der Waals surface area contributed by atoms with E-state index in [-0.39, 0.29) is 24.2 Å². The number of halogens is 1. The summed E-state index contributed by atoms with van der Waals surface area (Å²) in [5.74, 6) is -0.754. The Morgan fingerprint density at radius 1 is 1.23 bits per heavy atom. The van der Waals surface area contributed by atoms with Gasteiger partial charge in [0.2, 0.25) is 0 Å². The highest BCUT2D eigenvalue weighted by Gasteiger charge is 2.24. The number of ether oxygens (including phenoxy) is 1. The van der Waals surface area contributed by atoms with Crippen molar-refractivity contribution < 1.29 is 18.7 Å². The first kappa shape index (κ1) is 20.2. The van der Waals surface area contributed by atoms with Crippen LogP contribution < -0.4 is 10.2 Å². The van der Waals surface area contributed by atoms with Gasteiger partial charge in [-0.15, -0.1) is 11.3 Å². The van der Waals surface area contributed by atoms with E-state index in [1.54, 1.807) is 4.90 Å². The average molecular weight is 425 g/mol. The molecular formula is C22H20FN3O3S. The molecule has 4 rings (SSSR count). The summed E-state index contributed by atoms with van der Waals surface area (Å²) in [6.45, 7) is 0.598. The monoisotopic (exact) mass is 425 g/mol. The second-order valence-corrected chi connectivity index (χ2v) is 7.79. The van der Waals surface area contributed by atoms with E-state index in [2.05, 4.69) is 10.3 Å². The summed E-state index contributed by atoms with van der Waals surface area (Å²) in [5.41, 5.74) is 4.07. The fourth-order valence-corrected chi connectivity index (χ4v) is 4.20.